The highest BCUT2D eigenvalue weighted by Crippen LogP contribution is 2.29. The summed E-state index contributed by atoms with van der Waals surface area (Å²) in [5.41, 5.74) is 3.40. The number of aromatic nitrogens is 2. The Morgan fingerprint density at radius 3 is 2.57 bits per heavy atom. The van der Waals surface area contributed by atoms with Crippen LogP contribution in [-0.4, -0.2) is 40.5 Å². The van der Waals surface area contributed by atoms with Gasteiger partial charge in [-0.2, -0.15) is 5.26 Å². The summed E-state index contributed by atoms with van der Waals surface area (Å²) >= 11 is 0. The van der Waals surface area contributed by atoms with Crippen molar-refractivity contribution in [3.63, 3.8) is 0 Å². The zero-order valence-corrected chi connectivity index (χ0v) is 16.1. The van der Waals surface area contributed by atoms with Crippen LogP contribution in [-0.2, 0) is 13.0 Å². The van der Waals surface area contributed by atoms with Crippen LogP contribution in [0.25, 0.3) is 0 Å². The topological polar surface area (TPSA) is 85.2 Å². The molecule has 1 saturated heterocycles. The maximum absolute atomic E-state index is 12.8. The second kappa shape index (κ2) is 7.85. The first-order valence-electron chi connectivity index (χ1n) is 9.81. The van der Waals surface area contributed by atoms with E-state index in [0.717, 1.165) is 42.4 Å². The molecule has 0 saturated carbocycles. The van der Waals surface area contributed by atoms with Crippen LogP contribution in [0, 0.1) is 18.3 Å². The third kappa shape index (κ3) is 3.77. The number of nitrogens with one attached hydrogen (secondary N) is 1. The van der Waals surface area contributed by atoms with Gasteiger partial charge in [0.1, 0.15) is 11.6 Å². The molecular formula is C21H24N6O. The number of piperidine rings is 1. The maximum Gasteiger partial charge on any atom is 0.322 e. The molecule has 0 atom stereocenters. The fourth-order valence-corrected chi connectivity index (χ4v) is 3.89. The predicted octanol–water partition coefficient (Wildman–Crippen LogP) is 3.24. The zero-order chi connectivity index (χ0) is 19.5. The zero-order valence-electron chi connectivity index (χ0n) is 16.1. The molecule has 0 radical (unpaired) electrons. The number of carbonyl (C=O) groups is 1. The summed E-state index contributed by atoms with van der Waals surface area (Å²) in [5, 5.41) is 11.8. The first kappa shape index (κ1) is 18.2. The number of amides is 2. The minimum atomic E-state index is -0.138. The lowest BCUT2D eigenvalue weighted by molar-refractivity contribution is 0.206. The molecule has 144 valence electrons. The van der Waals surface area contributed by atoms with Gasteiger partial charge in [0.15, 0.2) is 0 Å². The van der Waals surface area contributed by atoms with E-state index in [9.17, 15) is 4.79 Å². The Hall–Kier alpha value is -3.14. The molecule has 1 N–H and O–H groups in total. The Morgan fingerprint density at radius 1 is 1.11 bits per heavy atom. The van der Waals surface area contributed by atoms with Crippen LogP contribution in [0.5, 0.6) is 0 Å². The van der Waals surface area contributed by atoms with Gasteiger partial charge in [-0.25, -0.2) is 14.8 Å². The van der Waals surface area contributed by atoms with Gasteiger partial charge in [-0.05, 0) is 50.5 Å². The van der Waals surface area contributed by atoms with Crippen molar-refractivity contribution in [3.8, 4) is 6.07 Å². The van der Waals surface area contributed by atoms with Crippen molar-refractivity contribution >= 4 is 17.5 Å². The number of fused-ring (bicyclic) bond motifs is 1. The van der Waals surface area contributed by atoms with E-state index in [0.29, 0.717) is 24.3 Å². The number of aryl methyl sites for hydroxylation is 1. The molecule has 7 heteroatoms. The molecule has 2 aliphatic rings. The van der Waals surface area contributed by atoms with Crippen LogP contribution < -0.4 is 10.2 Å². The van der Waals surface area contributed by atoms with E-state index in [2.05, 4.69) is 21.3 Å². The molecule has 1 aromatic heterocycles. The largest absolute Gasteiger partial charge is 0.356 e. The lowest BCUT2D eigenvalue weighted by Crippen LogP contribution is -2.41. The number of hydrogen-bond donors (Lipinski definition) is 1. The molecule has 28 heavy (non-hydrogen) atoms. The minimum absolute atomic E-state index is 0.138. The molecule has 0 spiro atoms. The van der Waals surface area contributed by atoms with Crippen molar-refractivity contribution in [1.82, 2.24) is 14.9 Å². The molecule has 1 fully saturated rings. The van der Waals surface area contributed by atoms with Crippen molar-refractivity contribution in [3.05, 3.63) is 46.9 Å². The van der Waals surface area contributed by atoms with Crippen LogP contribution in [0.3, 0.4) is 0 Å². The normalized spacial score (nSPS) is 16.3. The Morgan fingerprint density at radius 2 is 1.86 bits per heavy atom. The van der Waals surface area contributed by atoms with Gasteiger partial charge >= 0.3 is 6.03 Å². The average Bonchev–Trinajstić information content (AvgIpc) is 2.74. The van der Waals surface area contributed by atoms with Gasteiger partial charge < -0.3 is 15.1 Å². The van der Waals surface area contributed by atoms with E-state index in [4.69, 9.17) is 10.2 Å². The SMILES string of the molecule is Cc1nc2c(c(N3CCCCC3)n1)CN(C(=O)Nc1ccc(C#N)cc1)CC2. The van der Waals surface area contributed by atoms with E-state index < -0.39 is 0 Å². The van der Waals surface area contributed by atoms with Gasteiger partial charge in [0, 0.05) is 37.3 Å². The van der Waals surface area contributed by atoms with E-state index in [-0.39, 0.29) is 6.03 Å². The number of benzene rings is 1. The molecule has 2 aromatic rings. The fourth-order valence-electron chi connectivity index (χ4n) is 3.89. The summed E-state index contributed by atoms with van der Waals surface area (Å²) in [6.07, 6.45) is 4.36. The molecule has 2 aliphatic heterocycles. The van der Waals surface area contributed by atoms with Crippen LogP contribution in [0.1, 0.15) is 41.9 Å². The molecule has 4 rings (SSSR count). The lowest BCUT2D eigenvalue weighted by atomic mass is 10.0. The van der Waals surface area contributed by atoms with Crippen LogP contribution in [0.15, 0.2) is 24.3 Å². The third-order valence-electron chi connectivity index (χ3n) is 5.36. The molecular weight excluding hydrogens is 352 g/mol. The van der Waals surface area contributed by atoms with Crippen molar-refractivity contribution in [1.29, 1.82) is 5.26 Å². The average molecular weight is 376 g/mol. The summed E-state index contributed by atoms with van der Waals surface area (Å²) in [5.74, 6) is 1.80. The maximum atomic E-state index is 12.8. The molecule has 3 heterocycles. The molecule has 0 bridgehead atoms. The lowest BCUT2D eigenvalue weighted by Gasteiger charge is -2.34. The number of urea groups is 1. The summed E-state index contributed by atoms with van der Waals surface area (Å²) in [6, 6.07) is 8.84. The first-order chi connectivity index (χ1) is 13.6. The Labute approximate surface area is 165 Å². The number of nitriles is 1. The number of nitrogens with zero attached hydrogens (tertiary/aromatic N) is 5. The smallest absolute Gasteiger partial charge is 0.322 e. The predicted molar refractivity (Wildman–Crippen MR) is 107 cm³/mol. The Bertz CT molecular complexity index is 912. The standard InChI is InChI=1S/C21H24N6O/c1-15-23-19-9-12-27(21(28)25-17-7-5-16(13-22)6-8-17)14-18(19)20(24-15)26-10-3-2-4-11-26/h5-8H,2-4,9-12,14H2,1H3,(H,25,28). The second-order valence-corrected chi connectivity index (χ2v) is 7.36. The molecule has 0 unspecified atom stereocenters. The molecule has 0 aliphatic carbocycles. The van der Waals surface area contributed by atoms with Crippen LogP contribution >= 0.6 is 0 Å². The monoisotopic (exact) mass is 376 g/mol. The number of rotatable bonds is 2. The Kier molecular flexibility index (Phi) is 5.11. The van der Waals surface area contributed by atoms with Crippen molar-refractivity contribution in [2.24, 2.45) is 0 Å². The van der Waals surface area contributed by atoms with Gasteiger partial charge in [0.05, 0.1) is 23.9 Å². The summed E-state index contributed by atoms with van der Waals surface area (Å²) in [4.78, 5) is 26.3. The van der Waals surface area contributed by atoms with Crippen LogP contribution in [0.4, 0.5) is 16.3 Å². The van der Waals surface area contributed by atoms with Crippen LogP contribution in [0.2, 0.25) is 0 Å². The van der Waals surface area contributed by atoms with Gasteiger partial charge in [-0.1, -0.05) is 0 Å². The van der Waals surface area contributed by atoms with Crippen molar-refractivity contribution < 1.29 is 4.79 Å². The highest BCUT2D eigenvalue weighted by molar-refractivity contribution is 5.89. The van der Waals surface area contributed by atoms with E-state index >= 15 is 0 Å². The highest BCUT2D eigenvalue weighted by Gasteiger charge is 2.27. The fraction of sp³-hybridized carbons (Fsp3) is 0.429. The van der Waals surface area contributed by atoms with E-state index in [1.807, 2.05) is 11.8 Å². The first-order valence-corrected chi connectivity index (χ1v) is 9.81. The molecule has 2 amide bonds. The summed E-state index contributed by atoms with van der Waals surface area (Å²) < 4.78 is 0. The number of carbonyl (C=O) groups excluding carboxylic acids is 1. The third-order valence-corrected chi connectivity index (χ3v) is 5.36. The summed E-state index contributed by atoms with van der Waals surface area (Å²) in [6.45, 7) is 5.12. The second-order valence-electron chi connectivity index (χ2n) is 7.36. The van der Waals surface area contributed by atoms with Crippen molar-refractivity contribution in [2.45, 2.75) is 39.2 Å². The summed E-state index contributed by atoms with van der Waals surface area (Å²) in [7, 11) is 0. The number of hydrogen-bond acceptors (Lipinski definition) is 5. The van der Waals surface area contributed by atoms with Gasteiger partial charge in [-0.3, -0.25) is 0 Å². The van der Waals surface area contributed by atoms with Gasteiger partial charge in [0.2, 0.25) is 0 Å². The number of anilines is 2. The van der Waals surface area contributed by atoms with Gasteiger partial charge in [0.25, 0.3) is 0 Å². The van der Waals surface area contributed by atoms with E-state index in [1.165, 1.54) is 19.3 Å². The minimum Gasteiger partial charge on any atom is -0.356 e. The van der Waals surface area contributed by atoms with Crippen molar-refractivity contribution in [2.75, 3.05) is 29.9 Å². The molecule has 7 nitrogen and oxygen atoms in total. The van der Waals surface area contributed by atoms with E-state index in [1.54, 1.807) is 24.3 Å². The Balaban J connectivity index is 1.53. The highest BCUT2D eigenvalue weighted by atomic mass is 16.2. The van der Waals surface area contributed by atoms with Gasteiger partial charge in [-0.15, -0.1) is 0 Å². The quantitative estimate of drug-likeness (QED) is 0.870. The molecule has 1 aromatic carbocycles.